The molecule has 0 unspecified atom stereocenters. The number of amides is 1. The van der Waals surface area contributed by atoms with Crippen molar-refractivity contribution in [2.75, 3.05) is 54.5 Å². The van der Waals surface area contributed by atoms with Crippen LogP contribution in [0.25, 0.3) is 0 Å². The maximum atomic E-state index is 13.1. The Morgan fingerprint density at radius 2 is 1.57 bits per heavy atom. The molecule has 2 fully saturated rings. The molecule has 1 N–H and O–H groups in total. The third-order valence-corrected chi connectivity index (χ3v) is 5.43. The number of piperazine rings is 1. The van der Waals surface area contributed by atoms with E-state index < -0.39 is 0 Å². The predicted octanol–water partition coefficient (Wildman–Crippen LogP) is 2.91. The highest BCUT2D eigenvalue weighted by Gasteiger charge is 2.22. The van der Waals surface area contributed by atoms with Crippen molar-refractivity contribution < 1.29 is 13.9 Å². The van der Waals surface area contributed by atoms with Crippen LogP contribution in [-0.4, -0.2) is 50.3 Å². The first kappa shape index (κ1) is 18.7. The number of anilines is 3. The number of aromatic nitrogens is 1. The number of ether oxygens (including phenoxy) is 1. The van der Waals surface area contributed by atoms with Gasteiger partial charge >= 0.3 is 0 Å². The van der Waals surface area contributed by atoms with Gasteiger partial charge in [-0.25, -0.2) is 9.37 Å². The third kappa shape index (κ3) is 4.42. The summed E-state index contributed by atoms with van der Waals surface area (Å²) in [6.07, 6.45) is 3.34. The largest absolute Gasteiger partial charge is 0.381 e. The Balaban J connectivity index is 1.30. The molecule has 0 bridgehead atoms. The van der Waals surface area contributed by atoms with E-state index in [0.717, 1.165) is 50.4 Å². The molecule has 3 heterocycles. The first-order valence-corrected chi connectivity index (χ1v) is 9.79. The lowest BCUT2D eigenvalue weighted by Gasteiger charge is -2.37. The molecular formula is C21H25FN4O2. The Bertz CT molecular complexity index is 783. The van der Waals surface area contributed by atoms with E-state index in [2.05, 4.69) is 20.1 Å². The van der Waals surface area contributed by atoms with E-state index in [9.17, 15) is 9.18 Å². The molecule has 28 heavy (non-hydrogen) atoms. The van der Waals surface area contributed by atoms with Gasteiger partial charge in [0.2, 0.25) is 5.91 Å². The van der Waals surface area contributed by atoms with Crippen molar-refractivity contribution in [3.8, 4) is 0 Å². The van der Waals surface area contributed by atoms with E-state index in [4.69, 9.17) is 4.74 Å². The Kier molecular flexibility index (Phi) is 5.71. The summed E-state index contributed by atoms with van der Waals surface area (Å²) in [5.41, 5.74) is 2.09. The molecule has 0 saturated carbocycles. The monoisotopic (exact) mass is 384 g/mol. The number of pyridine rings is 1. The van der Waals surface area contributed by atoms with E-state index in [1.54, 1.807) is 0 Å². The van der Waals surface area contributed by atoms with Crippen LogP contribution in [0.2, 0.25) is 0 Å². The fourth-order valence-corrected chi connectivity index (χ4v) is 3.71. The number of rotatable bonds is 4. The molecule has 0 spiro atoms. The lowest BCUT2D eigenvalue weighted by atomic mass is 9.99. The van der Waals surface area contributed by atoms with Gasteiger partial charge in [0.15, 0.2) is 0 Å². The number of carbonyl (C=O) groups excluding carboxylic acids is 1. The van der Waals surface area contributed by atoms with Crippen LogP contribution >= 0.6 is 0 Å². The molecule has 7 heteroatoms. The molecule has 6 nitrogen and oxygen atoms in total. The van der Waals surface area contributed by atoms with Gasteiger partial charge in [0.25, 0.3) is 0 Å². The lowest BCUT2D eigenvalue weighted by molar-refractivity contribution is -0.122. The third-order valence-electron chi connectivity index (χ3n) is 5.43. The number of nitrogens with zero attached hydrogens (tertiary/aromatic N) is 3. The zero-order valence-electron chi connectivity index (χ0n) is 15.8. The van der Waals surface area contributed by atoms with E-state index in [1.807, 2.05) is 30.5 Å². The normalized spacial score (nSPS) is 18.2. The van der Waals surface area contributed by atoms with Crippen LogP contribution in [0, 0.1) is 11.7 Å². The van der Waals surface area contributed by atoms with Gasteiger partial charge in [-0.15, -0.1) is 0 Å². The average Bonchev–Trinajstić information content (AvgIpc) is 2.76. The van der Waals surface area contributed by atoms with Crippen LogP contribution in [0.1, 0.15) is 12.8 Å². The van der Waals surface area contributed by atoms with Gasteiger partial charge in [-0.1, -0.05) is 0 Å². The molecule has 1 aromatic carbocycles. The minimum atomic E-state index is -0.211. The summed E-state index contributed by atoms with van der Waals surface area (Å²) in [4.78, 5) is 21.2. The topological polar surface area (TPSA) is 57.7 Å². The molecule has 2 aliphatic rings. The standard InChI is InChI=1S/C21H25FN4O2/c22-17-1-3-18(4-2-17)25-9-11-26(12-10-25)19-5-6-20(23-15-19)24-21(27)16-7-13-28-14-8-16/h1-6,15-16H,7-14H2,(H,23,24,27). The number of halogens is 1. The van der Waals surface area contributed by atoms with Gasteiger partial charge < -0.3 is 19.9 Å². The smallest absolute Gasteiger partial charge is 0.228 e. The van der Waals surface area contributed by atoms with Gasteiger partial charge in [0.1, 0.15) is 11.6 Å². The second-order valence-electron chi connectivity index (χ2n) is 7.23. The van der Waals surface area contributed by atoms with Crippen molar-refractivity contribution in [2.24, 2.45) is 5.92 Å². The van der Waals surface area contributed by atoms with Crippen LogP contribution in [0.15, 0.2) is 42.6 Å². The summed E-state index contributed by atoms with van der Waals surface area (Å²) in [5, 5.41) is 2.91. The van der Waals surface area contributed by atoms with Crippen LogP contribution < -0.4 is 15.1 Å². The molecule has 0 aliphatic carbocycles. The van der Waals surface area contributed by atoms with Crippen molar-refractivity contribution in [1.29, 1.82) is 0 Å². The van der Waals surface area contributed by atoms with Gasteiger partial charge in [-0.2, -0.15) is 0 Å². The highest BCUT2D eigenvalue weighted by Crippen LogP contribution is 2.22. The van der Waals surface area contributed by atoms with Gasteiger partial charge in [0, 0.05) is 51.0 Å². The highest BCUT2D eigenvalue weighted by molar-refractivity contribution is 5.91. The molecule has 0 atom stereocenters. The summed E-state index contributed by atoms with van der Waals surface area (Å²) in [6, 6.07) is 10.5. The summed E-state index contributed by atoms with van der Waals surface area (Å²) in [5.74, 6) is 0.411. The predicted molar refractivity (Wildman–Crippen MR) is 107 cm³/mol. The lowest BCUT2D eigenvalue weighted by Crippen LogP contribution is -2.46. The van der Waals surface area contributed by atoms with E-state index in [1.165, 1.54) is 12.1 Å². The molecule has 2 aliphatic heterocycles. The van der Waals surface area contributed by atoms with Crippen molar-refractivity contribution in [3.05, 3.63) is 48.4 Å². The molecule has 2 aromatic rings. The quantitative estimate of drug-likeness (QED) is 0.878. The molecule has 1 aromatic heterocycles. The zero-order chi connectivity index (χ0) is 19.3. The van der Waals surface area contributed by atoms with Crippen molar-refractivity contribution >= 4 is 23.1 Å². The van der Waals surface area contributed by atoms with Crippen LogP contribution in [-0.2, 0) is 9.53 Å². The van der Waals surface area contributed by atoms with Gasteiger partial charge in [-0.05, 0) is 49.2 Å². The highest BCUT2D eigenvalue weighted by atomic mass is 19.1. The molecule has 2 saturated heterocycles. The first-order chi connectivity index (χ1) is 13.7. The summed E-state index contributed by atoms with van der Waals surface area (Å²) >= 11 is 0. The Morgan fingerprint density at radius 1 is 0.964 bits per heavy atom. The average molecular weight is 384 g/mol. The summed E-state index contributed by atoms with van der Waals surface area (Å²) in [7, 11) is 0. The molecule has 148 valence electrons. The molecule has 1 amide bonds. The summed E-state index contributed by atoms with van der Waals surface area (Å²) in [6.45, 7) is 4.77. The maximum absolute atomic E-state index is 13.1. The zero-order valence-corrected chi connectivity index (χ0v) is 15.8. The van der Waals surface area contributed by atoms with Gasteiger partial charge in [-0.3, -0.25) is 4.79 Å². The SMILES string of the molecule is O=C(Nc1ccc(N2CCN(c3ccc(F)cc3)CC2)cn1)C1CCOCC1. The minimum absolute atomic E-state index is 0.00904. The molecule has 4 rings (SSSR count). The minimum Gasteiger partial charge on any atom is -0.381 e. The summed E-state index contributed by atoms with van der Waals surface area (Å²) < 4.78 is 18.4. The Labute approximate surface area is 164 Å². The van der Waals surface area contributed by atoms with Crippen LogP contribution in [0.5, 0.6) is 0 Å². The first-order valence-electron chi connectivity index (χ1n) is 9.79. The van der Waals surface area contributed by atoms with E-state index >= 15 is 0 Å². The maximum Gasteiger partial charge on any atom is 0.228 e. The second-order valence-corrected chi connectivity index (χ2v) is 7.23. The van der Waals surface area contributed by atoms with Crippen LogP contribution in [0.3, 0.4) is 0 Å². The van der Waals surface area contributed by atoms with Crippen molar-refractivity contribution in [2.45, 2.75) is 12.8 Å². The van der Waals surface area contributed by atoms with Crippen LogP contribution in [0.4, 0.5) is 21.6 Å². The Hall–Kier alpha value is -2.67. The fraction of sp³-hybridized carbons (Fsp3) is 0.429. The number of hydrogen-bond donors (Lipinski definition) is 1. The van der Waals surface area contributed by atoms with E-state index in [0.29, 0.717) is 19.0 Å². The number of nitrogens with one attached hydrogen (secondary N) is 1. The number of carbonyl (C=O) groups is 1. The van der Waals surface area contributed by atoms with E-state index in [-0.39, 0.29) is 17.6 Å². The number of benzene rings is 1. The van der Waals surface area contributed by atoms with Crippen molar-refractivity contribution in [1.82, 2.24) is 4.98 Å². The Morgan fingerprint density at radius 3 is 2.18 bits per heavy atom. The fourth-order valence-electron chi connectivity index (χ4n) is 3.71. The van der Waals surface area contributed by atoms with Crippen molar-refractivity contribution in [3.63, 3.8) is 0 Å². The molecule has 0 radical (unpaired) electrons. The number of hydrogen-bond acceptors (Lipinski definition) is 5. The molecular weight excluding hydrogens is 359 g/mol. The second kappa shape index (κ2) is 8.56. The van der Waals surface area contributed by atoms with Gasteiger partial charge in [0.05, 0.1) is 11.9 Å².